The lowest BCUT2D eigenvalue weighted by molar-refractivity contribution is 0.0974. The van der Waals surface area contributed by atoms with Gasteiger partial charge >= 0.3 is 0 Å². The van der Waals surface area contributed by atoms with Gasteiger partial charge in [-0.2, -0.15) is 0 Å². The fourth-order valence-electron chi connectivity index (χ4n) is 3.55. The van der Waals surface area contributed by atoms with Crippen LogP contribution in [-0.4, -0.2) is 23.1 Å². The molecular weight excluding hydrogens is 550 g/mol. The van der Waals surface area contributed by atoms with Crippen LogP contribution < -0.4 is 15.4 Å². The second-order valence-electron chi connectivity index (χ2n) is 8.00. The van der Waals surface area contributed by atoms with Gasteiger partial charge in [0.2, 0.25) is 5.89 Å². The maximum absolute atomic E-state index is 12.7. The highest BCUT2D eigenvalue weighted by Crippen LogP contribution is 2.32. The summed E-state index contributed by atoms with van der Waals surface area (Å²) in [5.74, 6) is 0.930. The molecule has 2 N–H and O–H groups in total. The highest BCUT2D eigenvalue weighted by atomic mass is 79.9. The number of nitrogens with zero attached hydrogens (tertiary/aromatic N) is 1. The largest absolute Gasteiger partial charge is 0.496 e. The summed E-state index contributed by atoms with van der Waals surface area (Å²) in [6, 6.07) is 16.5. The van der Waals surface area contributed by atoms with Crippen LogP contribution in [0.5, 0.6) is 5.75 Å². The second kappa shape index (κ2) is 10.8. The number of amides is 1. The molecule has 0 aliphatic carbocycles. The van der Waals surface area contributed by atoms with Crippen molar-refractivity contribution in [1.82, 2.24) is 10.3 Å². The smallest absolute Gasteiger partial charge is 0.261 e. The first-order valence-electron chi connectivity index (χ1n) is 10.9. The standard InChI is InChI=1S/C26H23BrClN3O3S/c1-4-14(2)15-6-9-23-21(11-15)29-25(34-23)16-5-8-19(28)20(12-16)30-26(35)31-24(32)18-13-17(27)7-10-22(18)33-3/h5-14H,4H2,1-3H3,(H2,30,31,32,35). The van der Waals surface area contributed by atoms with E-state index in [1.54, 1.807) is 30.3 Å². The molecule has 0 radical (unpaired) electrons. The Labute approximate surface area is 222 Å². The number of rotatable bonds is 6. The lowest BCUT2D eigenvalue weighted by atomic mass is 9.98. The number of hydrogen-bond donors (Lipinski definition) is 2. The van der Waals surface area contributed by atoms with Crippen LogP contribution in [0.1, 0.15) is 42.1 Å². The Morgan fingerprint density at radius 2 is 2.00 bits per heavy atom. The molecule has 0 aliphatic heterocycles. The molecule has 1 heterocycles. The first kappa shape index (κ1) is 25.2. The molecule has 4 rings (SSSR count). The van der Waals surface area contributed by atoms with Crippen molar-refractivity contribution >= 4 is 67.6 Å². The summed E-state index contributed by atoms with van der Waals surface area (Å²) >= 11 is 15.1. The van der Waals surface area contributed by atoms with Gasteiger partial charge in [0.1, 0.15) is 11.3 Å². The van der Waals surface area contributed by atoms with Crippen LogP contribution in [0.3, 0.4) is 0 Å². The molecule has 35 heavy (non-hydrogen) atoms. The number of halogens is 2. The molecule has 6 nitrogen and oxygen atoms in total. The average molecular weight is 573 g/mol. The number of hydrogen-bond acceptors (Lipinski definition) is 5. The monoisotopic (exact) mass is 571 g/mol. The quantitative estimate of drug-likeness (QED) is 0.232. The van der Waals surface area contributed by atoms with Crippen molar-refractivity contribution in [3.63, 3.8) is 0 Å². The van der Waals surface area contributed by atoms with Crippen LogP contribution in [-0.2, 0) is 0 Å². The molecule has 0 spiro atoms. The summed E-state index contributed by atoms with van der Waals surface area (Å²) in [4.78, 5) is 17.4. The number of oxazole rings is 1. The van der Waals surface area contributed by atoms with Crippen molar-refractivity contribution in [2.75, 3.05) is 12.4 Å². The van der Waals surface area contributed by atoms with Gasteiger partial charge in [-0.25, -0.2) is 4.98 Å². The number of benzene rings is 3. The number of fused-ring (bicyclic) bond motifs is 1. The molecule has 0 saturated heterocycles. The summed E-state index contributed by atoms with van der Waals surface area (Å²) in [6.07, 6.45) is 1.05. The first-order chi connectivity index (χ1) is 16.8. The Hall–Kier alpha value is -2.94. The van der Waals surface area contributed by atoms with E-state index in [2.05, 4.69) is 57.5 Å². The van der Waals surface area contributed by atoms with Crippen LogP contribution >= 0.6 is 39.7 Å². The van der Waals surface area contributed by atoms with Crippen molar-refractivity contribution in [2.24, 2.45) is 0 Å². The van der Waals surface area contributed by atoms with Gasteiger partial charge in [0.15, 0.2) is 10.7 Å². The van der Waals surface area contributed by atoms with E-state index in [0.29, 0.717) is 39.4 Å². The Balaban J connectivity index is 1.54. The number of ether oxygens (including phenoxy) is 1. The normalized spacial score (nSPS) is 11.8. The van der Waals surface area contributed by atoms with Gasteiger partial charge in [-0.15, -0.1) is 0 Å². The molecule has 4 aromatic rings. The lowest BCUT2D eigenvalue weighted by Gasteiger charge is -2.13. The highest BCUT2D eigenvalue weighted by Gasteiger charge is 2.16. The van der Waals surface area contributed by atoms with Gasteiger partial charge in [-0.1, -0.05) is 47.4 Å². The number of carbonyl (C=O) groups excluding carboxylic acids is 1. The van der Waals surface area contributed by atoms with Gasteiger partial charge in [0, 0.05) is 10.0 Å². The third kappa shape index (κ3) is 5.66. The predicted molar refractivity (Wildman–Crippen MR) is 148 cm³/mol. The highest BCUT2D eigenvalue weighted by molar-refractivity contribution is 9.10. The van der Waals surface area contributed by atoms with Crippen LogP contribution in [0.25, 0.3) is 22.6 Å². The zero-order chi connectivity index (χ0) is 25.1. The van der Waals surface area contributed by atoms with E-state index in [0.717, 1.165) is 22.0 Å². The van der Waals surface area contributed by atoms with Crippen LogP contribution in [0.15, 0.2) is 63.5 Å². The van der Waals surface area contributed by atoms with E-state index in [9.17, 15) is 4.79 Å². The number of aromatic nitrogens is 1. The Bertz CT molecular complexity index is 1420. The van der Waals surface area contributed by atoms with Crippen molar-refractivity contribution in [1.29, 1.82) is 0 Å². The number of nitrogens with one attached hydrogen (secondary N) is 2. The molecule has 1 aromatic heterocycles. The van der Waals surface area contributed by atoms with Gasteiger partial charge < -0.3 is 14.5 Å². The molecule has 0 aliphatic rings. The van der Waals surface area contributed by atoms with E-state index in [-0.39, 0.29) is 5.11 Å². The second-order valence-corrected chi connectivity index (χ2v) is 9.73. The summed E-state index contributed by atoms with van der Waals surface area (Å²) in [5, 5.41) is 6.16. The Morgan fingerprint density at radius 3 is 2.74 bits per heavy atom. The Kier molecular flexibility index (Phi) is 7.74. The van der Waals surface area contributed by atoms with Crippen molar-refractivity contribution in [3.8, 4) is 17.2 Å². The number of thiocarbonyl (C=S) groups is 1. The fourth-order valence-corrected chi connectivity index (χ4v) is 4.27. The third-order valence-corrected chi connectivity index (χ3v) is 6.71. The molecule has 0 saturated carbocycles. The minimum Gasteiger partial charge on any atom is -0.496 e. The molecule has 180 valence electrons. The zero-order valence-electron chi connectivity index (χ0n) is 19.3. The van der Waals surface area contributed by atoms with E-state index in [1.165, 1.54) is 12.7 Å². The molecule has 1 atom stereocenters. The van der Waals surface area contributed by atoms with Gasteiger partial charge in [-0.3, -0.25) is 10.1 Å². The first-order valence-corrected chi connectivity index (χ1v) is 12.5. The van der Waals surface area contributed by atoms with Crippen LogP contribution in [0.4, 0.5) is 5.69 Å². The topological polar surface area (TPSA) is 76.4 Å². The molecule has 0 bridgehead atoms. The minimum absolute atomic E-state index is 0.0897. The summed E-state index contributed by atoms with van der Waals surface area (Å²) in [7, 11) is 1.50. The van der Waals surface area contributed by atoms with Crippen molar-refractivity contribution in [3.05, 3.63) is 75.2 Å². The summed E-state index contributed by atoms with van der Waals surface area (Å²) < 4.78 is 12.0. The predicted octanol–water partition coefficient (Wildman–Crippen LogP) is 7.56. The van der Waals surface area contributed by atoms with Crippen LogP contribution in [0.2, 0.25) is 5.02 Å². The SMILES string of the molecule is CCC(C)c1ccc2oc(-c3ccc(Cl)c(NC(=S)NC(=O)c4cc(Br)ccc4OC)c3)nc2c1. The lowest BCUT2D eigenvalue weighted by Crippen LogP contribution is -2.34. The summed E-state index contributed by atoms with van der Waals surface area (Å²) in [5.41, 5.74) is 4.31. The number of anilines is 1. The molecular formula is C26H23BrClN3O3S. The fraction of sp³-hybridized carbons (Fsp3) is 0.192. The maximum Gasteiger partial charge on any atom is 0.261 e. The van der Waals surface area contributed by atoms with E-state index in [1.807, 2.05) is 12.1 Å². The number of carbonyl (C=O) groups is 1. The average Bonchev–Trinajstić information content (AvgIpc) is 3.28. The molecule has 3 aromatic carbocycles. The zero-order valence-corrected chi connectivity index (χ0v) is 22.5. The minimum atomic E-state index is -0.413. The van der Waals surface area contributed by atoms with Gasteiger partial charge in [0.25, 0.3) is 5.91 Å². The Morgan fingerprint density at radius 1 is 1.20 bits per heavy atom. The molecule has 1 unspecified atom stereocenters. The van der Waals surface area contributed by atoms with Crippen molar-refractivity contribution < 1.29 is 13.9 Å². The van der Waals surface area contributed by atoms with E-state index in [4.69, 9.17) is 33.0 Å². The van der Waals surface area contributed by atoms with Crippen molar-refractivity contribution in [2.45, 2.75) is 26.2 Å². The van der Waals surface area contributed by atoms with Gasteiger partial charge in [-0.05, 0) is 78.7 Å². The molecule has 9 heteroatoms. The van der Waals surface area contributed by atoms with E-state index < -0.39 is 5.91 Å². The van der Waals surface area contributed by atoms with E-state index >= 15 is 0 Å². The number of methoxy groups -OCH3 is 1. The molecule has 1 amide bonds. The third-order valence-electron chi connectivity index (χ3n) is 5.69. The molecule has 0 fully saturated rings. The van der Waals surface area contributed by atoms with Gasteiger partial charge in [0.05, 0.1) is 23.4 Å². The van der Waals surface area contributed by atoms with Crippen LogP contribution in [0, 0.1) is 0 Å². The summed E-state index contributed by atoms with van der Waals surface area (Å²) in [6.45, 7) is 4.35. The maximum atomic E-state index is 12.7.